The van der Waals surface area contributed by atoms with E-state index in [9.17, 15) is 4.79 Å². The molecule has 0 atom stereocenters. The van der Waals surface area contributed by atoms with Gasteiger partial charge < -0.3 is 15.4 Å². The largest absolute Gasteiger partial charge is 0.381 e. The summed E-state index contributed by atoms with van der Waals surface area (Å²) in [4.78, 5) is 20.7. The van der Waals surface area contributed by atoms with Crippen LogP contribution in [0.15, 0.2) is 30.7 Å². The molecular formula is C18H18N6O2. The lowest BCUT2D eigenvalue weighted by Crippen LogP contribution is -2.28. The molecule has 3 aromatic rings. The second-order valence-electron chi connectivity index (χ2n) is 6.57. The first kappa shape index (κ1) is 15.3. The van der Waals surface area contributed by atoms with E-state index in [-0.39, 0.29) is 5.91 Å². The molecule has 0 unspecified atom stereocenters. The van der Waals surface area contributed by atoms with E-state index in [0.717, 1.165) is 54.3 Å². The molecule has 0 bridgehead atoms. The van der Waals surface area contributed by atoms with Crippen LogP contribution in [0, 0.1) is 0 Å². The zero-order valence-electron chi connectivity index (χ0n) is 14.1. The third-order valence-electron chi connectivity index (χ3n) is 4.95. The Morgan fingerprint density at radius 1 is 1.23 bits per heavy atom. The number of nitrogens with one attached hydrogen (secondary N) is 2. The molecule has 1 amide bonds. The molecule has 0 radical (unpaired) electrons. The van der Waals surface area contributed by atoms with Gasteiger partial charge in [0, 0.05) is 36.9 Å². The Morgan fingerprint density at radius 3 is 3.00 bits per heavy atom. The van der Waals surface area contributed by atoms with E-state index >= 15 is 0 Å². The number of hydrogen-bond donors (Lipinski definition) is 2. The third kappa shape index (κ3) is 2.50. The van der Waals surface area contributed by atoms with Gasteiger partial charge >= 0.3 is 0 Å². The topological polar surface area (TPSA) is 93.4 Å². The van der Waals surface area contributed by atoms with Crippen molar-refractivity contribution in [2.75, 3.05) is 18.5 Å². The van der Waals surface area contributed by atoms with Crippen LogP contribution in [-0.4, -0.2) is 44.7 Å². The molecule has 5 rings (SSSR count). The van der Waals surface area contributed by atoms with E-state index in [1.54, 1.807) is 10.7 Å². The van der Waals surface area contributed by atoms with Crippen molar-refractivity contribution in [2.45, 2.75) is 25.4 Å². The van der Waals surface area contributed by atoms with Gasteiger partial charge in [-0.25, -0.2) is 14.5 Å². The minimum Gasteiger partial charge on any atom is -0.381 e. The first-order valence-corrected chi connectivity index (χ1v) is 8.74. The molecule has 0 spiro atoms. The molecule has 2 aliphatic heterocycles. The first-order valence-electron chi connectivity index (χ1n) is 8.74. The number of anilines is 1. The maximum atomic E-state index is 11.8. The lowest BCUT2D eigenvalue weighted by molar-refractivity contribution is 0.0904. The molecule has 0 saturated carbocycles. The van der Waals surface area contributed by atoms with Gasteiger partial charge in [-0.3, -0.25) is 4.79 Å². The van der Waals surface area contributed by atoms with Crippen LogP contribution in [0.3, 0.4) is 0 Å². The van der Waals surface area contributed by atoms with Gasteiger partial charge in [0.1, 0.15) is 6.33 Å². The van der Waals surface area contributed by atoms with E-state index in [1.165, 1.54) is 6.33 Å². The van der Waals surface area contributed by atoms with Crippen molar-refractivity contribution in [1.82, 2.24) is 24.9 Å². The number of fused-ring (bicyclic) bond motifs is 2. The van der Waals surface area contributed by atoms with E-state index in [2.05, 4.69) is 25.7 Å². The molecule has 1 aromatic carbocycles. The van der Waals surface area contributed by atoms with Crippen molar-refractivity contribution in [3.8, 4) is 11.3 Å². The van der Waals surface area contributed by atoms with Crippen LogP contribution in [0.5, 0.6) is 0 Å². The van der Waals surface area contributed by atoms with Gasteiger partial charge in [0.05, 0.1) is 11.9 Å². The first-order chi connectivity index (χ1) is 12.8. The number of ether oxygens (including phenoxy) is 1. The minimum absolute atomic E-state index is 0.0217. The Morgan fingerprint density at radius 2 is 2.12 bits per heavy atom. The fourth-order valence-corrected chi connectivity index (χ4v) is 3.54. The fraction of sp³-hybridized carbons (Fsp3) is 0.333. The van der Waals surface area contributed by atoms with Crippen molar-refractivity contribution < 1.29 is 9.53 Å². The van der Waals surface area contributed by atoms with Crippen LogP contribution in [0.4, 0.5) is 5.82 Å². The summed E-state index contributed by atoms with van der Waals surface area (Å²) in [6.07, 6.45) is 5.24. The summed E-state index contributed by atoms with van der Waals surface area (Å²) in [5.41, 5.74) is 4.22. The van der Waals surface area contributed by atoms with Crippen molar-refractivity contribution in [2.24, 2.45) is 0 Å². The molecule has 26 heavy (non-hydrogen) atoms. The van der Waals surface area contributed by atoms with E-state index in [0.29, 0.717) is 18.2 Å². The maximum absolute atomic E-state index is 11.8. The summed E-state index contributed by atoms with van der Waals surface area (Å²) in [6, 6.07) is 6.12. The summed E-state index contributed by atoms with van der Waals surface area (Å²) < 4.78 is 7.20. The summed E-state index contributed by atoms with van der Waals surface area (Å²) in [5, 5.41) is 10.7. The average molecular weight is 350 g/mol. The van der Waals surface area contributed by atoms with Crippen LogP contribution < -0.4 is 10.6 Å². The zero-order valence-corrected chi connectivity index (χ0v) is 14.1. The Balaban J connectivity index is 1.53. The van der Waals surface area contributed by atoms with Crippen molar-refractivity contribution in [3.05, 3.63) is 41.9 Å². The fourth-order valence-electron chi connectivity index (χ4n) is 3.54. The Bertz CT molecular complexity index is 993. The molecule has 1 saturated heterocycles. The lowest BCUT2D eigenvalue weighted by atomic mass is 10.0. The molecule has 0 aliphatic carbocycles. The van der Waals surface area contributed by atoms with Gasteiger partial charge in [-0.1, -0.05) is 6.07 Å². The lowest BCUT2D eigenvalue weighted by Gasteiger charge is -2.23. The summed E-state index contributed by atoms with van der Waals surface area (Å²) in [5.74, 6) is 0.711. The minimum atomic E-state index is -0.0217. The molecule has 1 fully saturated rings. The molecule has 4 heterocycles. The van der Waals surface area contributed by atoms with Gasteiger partial charge in [0.25, 0.3) is 5.91 Å². The number of aromatic nitrogens is 4. The van der Waals surface area contributed by atoms with Crippen LogP contribution in [0.2, 0.25) is 0 Å². The average Bonchev–Trinajstić information content (AvgIpc) is 3.30. The molecule has 2 aliphatic rings. The number of hydrogen-bond acceptors (Lipinski definition) is 6. The van der Waals surface area contributed by atoms with Gasteiger partial charge in [0.2, 0.25) is 0 Å². The third-order valence-corrected chi connectivity index (χ3v) is 4.95. The highest BCUT2D eigenvalue weighted by Crippen LogP contribution is 2.27. The smallest absolute Gasteiger partial charge is 0.251 e. The Labute approximate surface area is 149 Å². The predicted molar refractivity (Wildman–Crippen MR) is 94.9 cm³/mol. The van der Waals surface area contributed by atoms with E-state index in [1.807, 2.05) is 18.2 Å². The highest BCUT2D eigenvalue weighted by molar-refractivity contribution is 5.98. The normalized spacial score (nSPS) is 17.3. The molecule has 8 nitrogen and oxygen atoms in total. The summed E-state index contributed by atoms with van der Waals surface area (Å²) in [7, 11) is 0. The number of benzene rings is 1. The summed E-state index contributed by atoms with van der Waals surface area (Å²) in [6.45, 7) is 2.08. The summed E-state index contributed by atoms with van der Waals surface area (Å²) >= 11 is 0. The van der Waals surface area contributed by atoms with E-state index < -0.39 is 0 Å². The van der Waals surface area contributed by atoms with Gasteiger partial charge in [-0.15, -0.1) is 0 Å². The molecule has 132 valence electrons. The monoisotopic (exact) mass is 350 g/mol. The van der Waals surface area contributed by atoms with Gasteiger partial charge in [0.15, 0.2) is 11.5 Å². The maximum Gasteiger partial charge on any atom is 0.251 e. The number of rotatable bonds is 3. The molecular weight excluding hydrogens is 332 g/mol. The number of nitrogens with zero attached hydrogens (tertiary/aromatic N) is 4. The van der Waals surface area contributed by atoms with Gasteiger partial charge in [-0.05, 0) is 30.5 Å². The Hall–Kier alpha value is -3.00. The van der Waals surface area contributed by atoms with Crippen molar-refractivity contribution in [1.29, 1.82) is 0 Å². The van der Waals surface area contributed by atoms with Crippen molar-refractivity contribution >= 4 is 17.4 Å². The molecule has 8 heteroatoms. The SMILES string of the molecule is O=C1NCc2cc(-c3cnc(NC4CCOCC4)c4ncnn34)ccc21. The second kappa shape index (κ2) is 6.06. The van der Waals surface area contributed by atoms with Crippen LogP contribution in [0.1, 0.15) is 28.8 Å². The van der Waals surface area contributed by atoms with Crippen molar-refractivity contribution in [3.63, 3.8) is 0 Å². The van der Waals surface area contributed by atoms with Gasteiger partial charge in [-0.2, -0.15) is 5.10 Å². The zero-order chi connectivity index (χ0) is 17.5. The highest BCUT2D eigenvalue weighted by Gasteiger charge is 2.21. The number of carbonyl (C=O) groups is 1. The van der Waals surface area contributed by atoms with E-state index in [4.69, 9.17) is 4.74 Å². The predicted octanol–water partition coefficient (Wildman–Crippen LogP) is 1.63. The quantitative estimate of drug-likeness (QED) is 0.746. The standard InChI is InChI=1S/C18H18N6O2/c25-18-14-2-1-11(7-12(14)8-20-18)15-9-19-16(17-21-10-22-24(15)17)23-13-3-5-26-6-4-13/h1-2,7,9-10,13H,3-6,8H2,(H,19,23)(H,20,25). The van der Waals surface area contributed by atoms with Crippen LogP contribution >= 0.6 is 0 Å². The molecule has 2 aromatic heterocycles. The number of amides is 1. The number of carbonyl (C=O) groups excluding carboxylic acids is 1. The Kier molecular flexibility index (Phi) is 3.56. The van der Waals surface area contributed by atoms with Crippen LogP contribution in [0.25, 0.3) is 16.9 Å². The highest BCUT2D eigenvalue weighted by atomic mass is 16.5. The second-order valence-corrected chi connectivity index (χ2v) is 6.57. The van der Waals surface area contributed by atoms with Crippen LogP contribution in [-0.2, 0) is 11.3 Å². The molecule has 2 N–H and O–H groups in total.